The van der Waals surface area contributed by atoms with Crippen molar-refractivity contribution in [1.29, 1.82) is 0 Å². The van der Waals surface area contributed by atoms with Crippen LogP contribution in [0.25, 0.3) is 0 Å². The quantitative estimate of drug-likeness (QED) is 0.599. The second kappa shape index (κ2) is 3.28. The first-order valence-corrected chi connectivity index (χ1v) is 4.18. The van der Waals surface area contributed by atoms with Crippen LogP contribution in [0.15, 0.2) is 0 Å². The molecule has 1 N–H and O–H groups in total. The average molecular weight is 180 g/mol. The zero-order chi connectivity index (χ0) is 7.03. The molecule has 0 amide bonds. The van der Waals surface area contributed by atoms with E-state index < -0.39 is 6.17 Å². The number of rotatable bonds is 0. The van der Waals surface area contributed by atoms with Crippen molar-refractivity contribution in [3.63, 3.8) is 0 Å². The number of hydrogen-bond donors (Lipinski definition) is 1. The van der Waals surface area contributed by atoms with Gasteiger partial charge < -0.3 is 5.32 Å². The van der Waals surface area contributed by atoms with Crippen molar-refractivity contribution in [2.75, 3.05) is 13.1 Å². The van der Waals surface area contributed by atoms with Crippen molar-refractivity contribution >= 4 is 12.4 Å². The smallest absolute Gasteiger partial charge is 0.107 e. The van der Waals surface area contributed by atoms with E-state index >= 15 is 0 Å². The van der Waals surface area contributed by atoms with E-state index in [2.05, 4.69) is 5.32 Å². The fourth-order valence-electron chi connectivity index (χ4n) is 2.34. The van der Waals surface area contributed by atoms with Gasteiger partial charge in [0.15, 0.2) is 0 Å². The molecule has 0 aromatic rings. The Morgan fingerprint density at radius 3 is 2.64 bits per heavy atom. The Bertz CT molecular complexity index is 129. The Labute approximate surface area is 73.2 Å². The first-order valence-electron chi connectivity index (χ1n) is 4.18. The van der Waals surface area contributed by atoms with E-state index in [1.165, 1.54) is 0 Å². The molecule has 0 radical (unpaired) electrons. The fraction of sp³-hybridized carbons (Fsp3) is 1.00. The fourth-order valence-corrected chi connectivity index (χ4v) is 2.34. The van der Waals surface area contributed by atoms with Crippen LogP contribution < -0.4 is 5.32 Å². The number of hydrogen-bond acceptors (Lipinski definition) is 1. The van der Waals surface area contributed by atoms with Gasteiger partial charge in [0.2, 0.25) is 0 Å². The summed E-state index contributed by atoms with van der Waals surface area (Å²) in [6.07, 6.45) is 3.57. The van der Waals surface area contributed by atoms with E-state index in [4.69, 9.17) is 0 Å². The van der Waals surface area contributed by atoms with Crippen LogP contribution in [0.3, 0.4) is 0 Å². The molecule has 0 bridgehead atoms. The van der Waals surface area contributed by atoms with Gasteiger partial charge in [-0.05, 0) is 32.2 Å². The summed E-state index contributed by atoms with van der Waals surface area (Å²) >= 11 is 0. The molecule has 2 aliphatic rings. The number of nitrogens with one attached hydrogen (secondary N) is 1. The first-order chi connectivity index (χ1) is 4.83. The van der Waals surface area contributed by atoms with Gasteiger partial charge in [0.25, 0.3) is 0 Å². The lowest BCUT2D eigenvalue weighted by molar-refractivity contribution is 0.161. The van der Waals surface area contributed by atoms with Gasteiger partial charge in [0.05, 0.1) is 0 Å². The Morgan fingerprint density at radius 2 is 2.18 bits per heavy atom. The predicted molar refractivity (Wildman–Crippen MR) is 45.9 cm³/mol. The highest BCUT2D eigenvalue weighted by Crippen LogP contribution is 2.44. The van der Waals surface area contributed by atoms with Gasteiger partial charge in [-0.25, -0.2) is 4.39 Å². The Balaban J connectivity index is 0.000000605. The topological polar surface area (TPSA) is 12.0 Å². The lowest BCUT2D eigenvalue weighted by Crippen LogP contribution is -2.29. The van der Waals surface area contributed by atoms with Gasteiger partial charge in [0, 0.05) is 12.0 Å². The zero-order valence-corrected chi connectivity index (χ0v) is 7.42. The van der Waals surface area contributed by atoms with Crippen molar-refractivity contribution < 1.29 is 4.39 Å². The third kappa shape index (κ3) is 1.38. The van der Waals surface area contributed by atoms with Gasteiger partial charge in [0.1, 0.15) is 6.17 Å². The molecule has 1 spiro atoms. The molecule has 1 aliphatic heterocycles. The van der Waals surface area contributed by atoms with Crippen molar-refractivity contribution in [1.82, 2.24) is 5.32 Å². The van der Waals surface area contributed by atoms with Crippen LogP contribution in [-0.2, 0) is 0 Å². The highest BCUT2D eigenvalue weighted by molar-refractivity contribution is 5.85. The molecule has 2 rings (SSSR count). The SMILES string of the molecule is Cl.FC1CCCC12CCNC2. The molecule has 11 heavy (non-hydrogen) atoms. The van der Waals surface area contributed by atoms with Crippen LogP contribution in [0.1, 0.15) is 25.7 Å². The highest BCUT2D eigenvalue weighted by atomic mass is 35.5. The molecule has 0 aromatic carbocycles. The largest absolute Gasteiger partial charge is 0.316 e. The molecule has 3 heteroatoms. The van der Waals surface area contributed by atoms with Crippen LogP contribution in [0, 0.1) is 5.41 Å². The second-order valence-electron chi connectivity index (χ2n) is 3.65. The summed E-state index contributed by atoms with van der Waals surface area (Å²) in [5.74, 6) is 0. The number of alkyl halides is 1. The maximum atomic E-state index is 13.2. The third-order valence-electron chi connectivity index (χ3n) is 3.07. The first kappa shape index (κ1) is 9.27. The van der Waals surface area contributed by atoms with E-state index in [1.54, 1.807) is 0 Å². The molecule has 1 aliphatic carbocycles. The van der Waals surface area contributed by atoms with E-state index in [-0.39, 0.29) is 17.8 Å². The molecular weight excluding hydrogens is 165 g/mol. The normalized spacial score (nSPS) is 42.8. The van der Waals surface area contributed by atoms with Gasteiger partial charge in [-0.15, -0.1) is 12.4 Å². The zero-order valence-electron chi connectivity index (χ0n) is 6.61. The highest BCUT2D eigenvalue weighted by Gasteiger charge is 2.44. The molecule has 2 unspecified atom stereocenters. The summed E-state index contributed by atoms with van der Waals surface area (Å²) in [4.78, 5) is 0. The molecule has 1 heterocycles. The van der Waals surface area contributed by atoms with Crippen molar-refractivity contribution in [3.8, 4) is 0 Å². The van der Waals surface area contributed by atoms with Crippen LogP contribution in [0.2, 0.25) is 0 Å². The van der Waals surface area contributed by atoms with Gasteiger partial charge in [-0.3, -0.25) is 0 Å². The van der Waals surface area contributed by atoms with Crippen molar-refractivity contribution in [2.24, 2.45) is 5.41 Å². The minimum atomic E-state index is -0.512. The summed E-state index contributed by atoms with van der Waals surface area (Å²) in [7, 11) is 0. The maximum absolute atomic E-state index is 13.2. The van der Waals surface area contributed by atoms with Gasteiger partial charge >= 0.3 is 0 Å². The standard InChI is InChI=1S/C8H14FN.ClH/c9-7-2-1-3-8(7)4-5-10-6-8;/h7,10H,1-6H2;1H. The van der Waals surface area contributed by atoms with Crippen molar-refractivity contribution in [3.05, 3.63) is 0 Å². The Morgan fingerprint density at radius 1 is 1.36 bits per heavy atom. The van der Waals surface area contributed by atoms with Crippen LogP contribution in [0.5, 0.6) is 0 Å². The van der Waals surface area contributed by atoms with E-state index in [0.717, 1.165) is 38.8 Å². The summed E-state index contributed by atoms with van der Waals surface area (Å²) in [5, 5.41) is 3.25. The monoisotopic (exact) mass is 179 g/mol. The van der Waals surface area contributed by atoms with E-state index in [9.17, 15) is 4.39 Å². The molecule has 1 nitrogen and oxygen atoms in total. The lowest BCUT2D eigenvalue weighted by atomic mass is 9.84. The summed E-state index contributed by atoms with van der Waals surface area (Å²) in [6.45, 7) is 1.95. The molecule has 0 aromatic heterocycles. The molecule has 1 saturated carbocycles. The molecule has 66 valence electrons. The molecule has 2 fully saturated rings. The summed E-state index contributed by atoms with van der Waals surface area (Å²) in [5.41, 5.74) is 0.0694. The molecule has 1 saturated heterocycles. The maximum Gasteiger partial charge on any atom is 0.107 e. The Kier molecular flexibility index (Phi) is 2.76. The van der Waals surface area contributed by atoms with Gasteiger partial charge in [-0.2, -0.15) is 0 Å². The van der Waals surface area contributed by atoms with E-state index in [1.807, 2.05) is 0 Å². The Hall–Kier alpha value is 0.180. The van der Waals surface area contributed by atoms with Crippen LogP contribution in [-0.4, -0.2) is 19.3 Å². The second-order valence-corrected chi connectivity index (χ2v) is 3.65. The molecular formula is C8H15ClFN. The van der Waals surface area contributed by atoms with E-state index in [0.29, 0.717) is 0 Å². The van der Waals surface area contributed by atoms with Crippen LogP contribution >= 0.6 is 12.4 Å². The third-order valence-corrected chi connectivity index (χ3v) is 3.07. The van der Waals surface area contributed by atoms with Gasteiger partial charge in [-0.1, -0.05) is 0 Å². The molecule has 2 atom stereocenters. The minimum Gasteiger partial charge on any atom is -0.316 e. The summed E-state index contributed by atoms with van der Waals surface area (Å²) < 4.78 is 13.2. The number of halogens is 2. The van der Waals surface area contributed by atoms with Crippen molar-refractivity contribution in [2.45, 2.75) is 31.9 Å². The summed E-state index contributed by atoms with van der Waals surface area (Å²) in [6, 6.07) is 0. The predicted octanol–water partition coefficient (Wildman–Crippen LogP) is 1.91. The lowest BCUT2D eigenvalue weighted by Gasteiger charge is -2.23. The van der Waals surface area contributed by atoms with Crippen LogP contribution in [0.4, 0.5) is 4.39 Å². The average Bonchev–Trinajstić information content (AvgIpc) is 2.48. The minimum absolute atomic E-state index is 0.